The molecule has 8 nitrogen and oxygen atoms in total. The minimum atomic E-state index is -0.709. The molecule has 1 saturated heterocycles. The maximum absolute atomic E-state index is 11.1. The predicted molar refractivity (Wildman–Crippen MR) is 71.6 cm³/mol. The van der Waals surface area contributed by atoms with Crippen molar-refractivity contribution >= 4 is 11.4 Å². The standard InChI is InChI=1S/C13H13N3O5/c14-9-13(3-5-21-6-4-13)8-10-1-2-11(15(17)18)7-12(10)16(19)20/h1-2,7H,3-6,8H2. The second-order valence-electron chi connectivity index (χ2n) is 5.01. The fraction of sp³-hybridized carbons (Fsp3) is 0.462. The van der Waals surface area contributed by atoms with Crippen LogP contribution in [0.25, 0.3) is 0 Å². The maximum atomic E-state index is 11.1. The molecule has 0 bridgehead atoms. The number of non-ortho nitro benzene ring substituents is 1. The zero-order chi connectivity index (χ0) is 15.5. The van der Waals surface area contributed by atoms with Crippen LogP contribution < -0.4 is 0 Å². The van der Waals surface area contributed by atoms with Gasteiger partial charge in [-0.2, -0.15) is 5.26 Å². The summed E-state index contributed by atoms with van der Waals surface area (Å²) in [5.41, 5.74) is -1.01. The Labute approximate surface area is 120 Å². The molecule has 1 aliphatic rings. The summed E-state index contributed by atoms with van der Waals surface area (Å²) < 4.78 is 5.22. The lowest BCUT2D eigenvalue weighted by Gasteiger charge is -2.30. The lowest BCUT2D eigenvalue weighted by atomic mass is 9.76. The highest BCUT2D eigenvalue weighted by Gasteiger charge is 2.35. The van der Waals surface area contributed by atoms with Crippen molar-refractivity contribution < 1.29 is 14.6 Å². The van der Waals surface area contributed by atoms with E-state index in [4.69, 9.17) is 4.74 Å². The van der Waals surface area contributed by atoms with Gasteiger partial charge < -0.3 is 4.74 Å². The zero-order valence-corrected chi connectivity index (χ0v) is 11.2. The SMILES string of the molecule is N#CC1(Cc2ccc([N+](=O)[O-])cc2[N+](=O)[O-])CCOCC1. The average molecular weight is 291 g/mol. The molecule has 0 radical (unpaired) electrons. The lowest BCUT2D eigenvalue weighted by molar-refractivity contribution is -0.394. The molecule has 0 atom stereocenters. The molecule has 0 N–H and O–H groups in total. The summed E-state index contributed by atoms with van der Waals surface area (Å²) in [6.07, 6.45) is 1.19. The highest BCUT2D eigenvalue weighted by Crippen LogP contribution is 2.37. The molecule has 0 aliphatic carbocycles. The van der Waals surface area contributed by atoms with E-state index in [0.717, 1.165) is 6.07 Å². The molecule has 1 aliphatic heterocycles. The summed E-state index contributed by atoms with van der Waals surface area (Å²) in [6.45, 7) is 0.878. The fourth-order valence-corrected chi connectivity index (χ4v) is 2.44. The summed E-state index contributed by atoms with van der Waals surface area (Å²) in [7, 11) is 0. The summed E-state index contributed by atoms with van der Waals surface area (Å²) >= 11 is 0. The monoisotopic (exact) mass is 291 g/mol. The van der Waals surface area contributed by atoms with Crippen LogP contribution in [-0.2, 0) is 11.2 Å². The van der Waals surface area contributed by atoms with E-state index in [-0.39, 0.29) is 17.8 Å². The van der Waals surface area contributed by atoms with E-state index in [1.807, 2.05) is 0 Å². The van der Waals surface area contributed by atoms with Crippen LogP contribution in [0.1, 0.15) is 18.4 Å². The van der Waals surface area contributed by atoms with Gasteiger partial charge in [0, 0.05) is 24.8 Å². The Morgan fingerprint density at radius 3 is 2.43 bits per heavy atom. The van der Waals surface area contributed by atoms with Crippen molar-refractivity contribution in [3.63, 3.8) is 0 Å². The van der Waals surface area contributed by atoms with Crippen LogP contribution in [0.15, 0.2) is 18.2 Å². The number of rotatable bonds is 4. The highest BCUT2D eigenvalue weighted by molar-refractivity contribution is 5.49. The second kappa shape index (κ2) is 5.85. The van der Waals surface area contributed by atoms with E-state index in [1.165, 1.54) is 12.1 Å². The van der Waals surface area contributed by atoms with Gasteiger partial charge in [-0.15, -0.1) is 0 Å². The molecule has 0 spiro atoms. The van der Waals surface area contributed by atoms with Crippen molar-refractivity contribution in [1.29, 1.82) is 5.26 Å². The van der Waals surface area contributed by atoms with Crippen molar-refractivity contribution in [2.45, 2.75) is 19.3 Å². The van der Waals surface area contributed by atoms with Gasteiger partial charge in [0.05, 0.1) is 27.4 Å². The Balaban J connectivity index is 2.37. The van der Waals surface area contributed by atoms with E-state index in [9.17, 15) is 25.5 Å². The molecule has 1 aromatic carbocycles. The predicted octanol–water partition coefficient (Wildman–Crippen LogP) is 2.37. The Hall–Kier alpha value is -2.53. The second-order valence-corrected chi connectivity index (χ2v) is 5.01. The number of nitro groups is 2. The minimum Gasteiger partial charge on any atom is -0.381 e. The molecule has 21 heavy (non-hydrogen) atoms. The first-order chi connectivity index (χ1) is 9.97. The van der Waals surface area contributed by atoms with Crippen molar-refractivity contribution in [2.24, 2.45) is 5.41 Å². The maximum Gasteiger partial charge on any atom is 0.279 e. The van der Waals surface area contributed by atoms with Crippen molar-refractivity contribution in [2.75, 3.05) is 13.2 Å². The van der Waals surface area contributed by atoms with Crippen LogP contribution in [0, 0.1) is 37.0 Å². The van der Waals surface area contributed by atoms with E-state index in [0.29, 0.717) is 31.6 Å². The van der Waals surface area contributed by atoms with E-state index in [2.05, 4.69) is 6.07 Å². The van der Waals surface area contributed by atoms with Crippen LogP contribution in [0.4, 0.5) is 11.4 Å². The van der Waals surface area contributed by atoms with Crippen molar-refractivity contribution in [1.82, 2.24) is 0 Å². The van der Waals surface area contributed by atoms with E-state index < -0.39 is 15.3 Å². The Morgan fingerprint density at radius 2 is 1.90 bits per heavy atom. The Bertz CT molecular complexity index is 617. The molecule has 0 aromatic heterocycles. The Morgan fingerprint density at radius 1 is 1.24 bits per heavy atom. The largest absolute Gasteiger partial charge is 0.381 e. The number of nitro benzene ring substituents is 2. The molecule has 110 valence electrons. The third-order valence-corrected chi connectivity index (χ3v) is 3.69. The Kier molecular flexibility index (Phi) is 4.14. The summed E-state index contributed by atoms with van der Waals surface area (Å²) in [5, 5.41) is 31.2. The van der Waals surface area contributed by atoms with Gasteiger partial charge in [-0.3, -0.25) is 20.2 Å². The number of ether oxygens (including phenoxy) is 1. The fourth-order valence-electron chi connectivity index (χ4n) is 2.44. The lowest BCUT2D eigenvalue weighted by Crippen LogP contribution is -2.30. The van der Waals surface area contributed by atoms with Crippen molar-refractivity contribution in [3.05, 3.63) is 44.0 Å². The first kappa shape index (κ1) is 14.9. The molecular weight excluding hydrogens is 278 g/mol. The van der Waals surface area contributed by atoms with Crippen LogP contribution in [-0.4, -0.2) is 23.1 Å². The third kappa shape index (κ3) is 3.14. The van der Waals surface area contributed by atoms with Gasteiger partial charge in [0.2, 0.25) is 0 Å². The summed E-state index contributed by atoms with van der Waals surface area (Å²) in [4.78, 5) is 20.5. The average Bonchev–Trinajstić information content (AvgIpc) is 2.48. The highest BCUT2D eigenvalue weighted by atomic mass is 16.6. The topological polar surface area (TPSA) is 119 Å². The molecular formula is C13H13N3O5. The van der Waals surface area contributed by atoms with E-state index >= 15 is 0 Å². The van der Waals surface area contributed by atoms with Crippen LogP contribution in [0.3, 0.4) is 0 Å². The number of benzene rings is 1. The van der Waals surface area contributed by atoms with Crippen LogP contribution >= 0.6 is 0 Å². The van der Waals surface area contributed by atoms with Crippen molar-refractivity contribution in [3.8, 4) is 6.07 Å². The van der Waals surface area contributed by atoms with Gasteiger partial charge in [-0.1, -0.05) is 0 Å². The van der Waals surface area contributed by atoms with Gasteiger partial charge in [-0.25, -0.2) is 0 Å². The molecule has 1 fully saturated rings. The molecule has 2 rings (SSSR count). The first-order valence-electron chi connectivity index (χ1n) is 6.38. The number of hydrogen-bond acceptors (Lipinski definition) is 6. The van der Waals surface area contributed by atoms with Gasteiger partial charge in [-0.05, 0) is 25.3 Å². The van der Waals surface area contributed by atoms with Gasteiger partial charge in [0.25, 0.3) is 11.4 Å². The number of hydrogen-bond donors (Lipinski definition) is 0. The quantitative estimate of drug-likeness (QED) is 0.620. The van der Waals surface area contributed by atoms with Crippen LogP contribution in [0.5, 0.6) is 0 Å². The summed E-state index contributed by atoms with van der Waals surface area (Å²) in [6, 6.07) is 5.77. The zero-order valence-electron chi connectivity index (χ0n) is 11.2. The molecule has 1 heterocycles. The van der Waals surface area contributed by atoms with Gasteiger partial charge in [0.15, 0.2) is 0 Å². The third-order valence-electron chi connectivity index (χ3n) is 3.69. The molecule has 1 aromatic rings. The van der Waals surface area contributed by atoms with Gasteiger partial charge in [0.1, 0.15) is 0 Å². The number of nitrogens with zero attached hydrogens (tertiary/aromatic N) is 3. The summed E-state index contributed by atoms with van der Waals surface area (Å²) in [5.74, 6) is 0. The smallest absolute Gasteiger partial charge is 0.279 e. The number of nitriles is 1. The molecule has 0 unspecified atom stereocenters. The molecule has 0 amide bonds. The van der Waals surface area contributed by atoms with Crippen LogP contribution in [0.2, 0.25) is 0 Å². The molecule has 0 saturated carbocycles. The first-order valence-corrected chi connectivity index (χ1v) is 6.38. The molecule has 8 heteroatoms. The normalized spacial score (nSPS) is 16.9. The van der Waals surface area contributed by atoms with E-state index in [1.54, 1.807) is 0 Å². The van der Waals surface area contributed by atoms with Gasteiger partial charge >= 0.3 is 0 Å². The minimum absolute atomic E-state index is 0.196.